The Balaban J connectivity index is 1.73. The molecule has 0 fully saturated rings. The molecule has 1 aliphatic heterocycles. The van der Waals surface area contributed by atoms with E-state index < -0.39 is 24.4 Å². The van der Waals surface area contributed by atoms with E-state index in [-0.39, 0.29) is 50.2 Å². The highest BCUT2D eigenvalue weighted by molar-refractivity contribution is 6.30. The van der Waals surface area contributed by atoms with Crippen molar-refractivity contribution >= 4 is 23.9 Å². The van der Waals surface area contributed by atoms with E-state index in [1.54, 1.807) is 29.2 Å². The molecule has 2 aromatic carbocycles. The van der Waals surface area contributed by atoms with E-state index in [1.165, 1.54) is 24.1 Å². The first kappa shape index (κ1) is 29.9. The number of aliphatic hydroxyl groups is 1. The van der Waals surface area contributed by atoms with Crippen molar-refractivity contribution < 1.29 is 42.1 Å². The molecule has 212 valence electrons. The van der Waals surface area contributed by atoms with E-state index in [9.17, 15) is 22.8 Å². The molecule has 10 nitrogen and oxygen atoms in total. The van der Waals surface area contributed by atoms with Gasteiger partial charge in [0.05, 0.1) is 6.61 Å². The normalized spacial score (nSPS) is 15.1. The van der Waals surface area contributed by atoms with Crippen molar-refractivity contribution in [2.24, 2.45) is 0 Å². The monoisotopic (exact) mass is 572 g/mol. The lowest BCUT2D eigenvalue weighted by Crippen LogP contribution is -2.43. The Kier molecular flexibility index (Phi) is 10.7. The summed E-state index contributed by atoms with van der Waals surface area (Å²) in [7, 11) is 1.47. The average Bonchev–Trinajstić information content (AvgIpc) is 3.24. The zero-order valence-electron chi connectivity index (χ0n) is 20.9. The number of nitrogens with one attached hydrogen (secondary N) is 2. The molecule has 1 aliphatic rings. The standard InChI is InChI=1S/C25H28ClF3N4O6/c1-32(16-35)22-21(23(36)30-10-3-11-34)33(15-17-6-8-18(26)9-7-17)24(31-22)38-13-12-37-19-4-2-5-20(14-19)39-25(27,28)29/h2,4-9,14,16,24,31,34H,3,10-13,15H2,1H3,(H,30,36). The zero-order valence-corrected chi connectivity index (χ0v) is 21.7. The van der Waals surface area contributed by atoms with Crippen molar-refractivity contribution in [1.82, 2.24) is 20.4 Å². The molecule has 3 N–H and O–H groups in total. The van der Waals surface area contributed by atoms with Crippen LogP contribution in [-0.2, 0) is 20.9 Å². The van der Waals surface area contributed by atoms with Gasteiger partial charge in [0.1, 0.15) is 29.6 Å². The molecule has 0 aliphatic carbocycles. The Bertz CT molecular complexity index is 1150. The molecule has 0 aromatic heterocycles. The molecule has 0 saturated heterocycles. The number of aliphatic hydroxyl groups excluding tert-OH is 1. The molecule has 1 atom stereocenters. The molecular weight excluding hydrogens is 545 g/mol. The smallest absolute Gasteiger partial charge is 0.491 e. The second kappa shape index (κ2) is 13.9. The van der Waals surface area contributed by atoms with Gasteiger partial charge >= 0.3 is 6.36 Å². The third-order valence-electron chi connectivity index (χ3n) is 5.33. The molecule has 0 bridgehead atoms. The van der Waals surface area contributed by atoms with Crippen LogP contribution in [0.15, 0.2) is 60.0 Å². The van der Waals surface area contributed by atoms with Crippen molar-refractivity contribution in [1.29, 1.82) is 0 Å². The maximum absolute atomic E-state index is 13.1. The molecule has 1 unspecified atom stereocenters. The lowest BCUT2D eigenvalue weighted by atomic mass is 10.2. The van der Waals surface area contributed by atoms with Crippen LogP contribution in [0, 0.1) is 0 Å². The van der Waals surface area contributed by atoms with Gasteiger partial charge in [0.15, 0.2) is 0 Å². The summed E-state index contributed by atoms with van der Waals surface area (Å²) in [6.07, 6.45) is -4.86. The highest BCUT2D eigenvalue weighted by atomic mass is 35.5. The van der Waals surface area contributed by atoms with Crippen LogP contribution in [0.3, 0.4) is 0 Å². The van der Waals surface area contributed by atoms with Gasteiger partial charge in [-0.3, -0.25) is 9.59 Å². The Morgan fingerprint density at radius 1 is 1.21 bits per heavy atom. The summed E-state index contributed by atoms with van der Waals surface area (Å²) in [5.41, 5.74) is 0.934. The quantitative estimate of drug-likeness (QED) is 0.234. The number of carbonyl (C=O) groups is 2. The van der Waals surface area contributed by atoms with Gasteiger partial charge in [0.2, 0.25) is 12.8 Å². The third kappa shape index (κ3) is 8.94. The lowest BCUT2D eigenvalue weighted by molar-refractivity contribution is -0.274. The number of hydrogen-bond donors (Lipinski definition) is 3. The van der Waals surface area contributed by atoms with Crippen molar-refractivity contribution in [2.45, 2.75) is 25.7 Å². The van der Waals surface area contributed by atoms with Crippen LogP contribution in [0.25, 0.3) is 0 Å². The average molecular weight is 573 g/mol. The van der Waals surface area contributed by atoms with Gasteiger partial charge in [-0.1, -0.05) is 29.8 Å². The van der Waals surface area contributed by atoms with Gasteiger partial charge in [0, 0.05) is 37.8 Å². The highest BCUT2D eigenvalue weighted by Gasteiger charge is 2.37. The molecule has 1 heterocycles. The molecule has 14 heteroatoms. The minimum Gasteiger partial charge on any atom is -0.491 e. The Labute approximate surface area is 227 Å². The van der Waals surface area contributed by atoms with Crippen molar-refractivity contribution in [2.75, 3.05) is 33.4 Å². The molecule has 3 rings (SSSR count). The third-order valence-corrected chi connectivity index (χ3v) is 5.59. The fraction of sp³-hybridized carbons (Fsp3) is 0.360. The van der Waals surface area contributed by atoms with Gasteiger partial charge < -0.3 is 39.8 Å². The van der Waals surface area contributed by atoms with Gasteiger partial charge in [0.25, 0.3) is 5.91 Å². The molecule has 2 aromatic rings. The minimum absolute atomic E-state index is 0.0311. The summed E-state index contributed by atoms with van der Waals surface area (Å²) in [6.45, 7) is 0.230. The number of carbonyl (C=O) groups excluding carboxylic acids is 2. The molecule has 2 amide bonds. The van der Waals surface area contributed by atoms with E-state index in [2.05, 4.69) is 15.4 Å². The second-order valence-corrected chi connectivity index (χ2v) is 8.68. The number of nitrogens with zero attached hydrogens (tertiary/aromatic N) is 2. The van der Waals surface area contributed by atoms with E-state index >= 15 is 0 Å². The molecule has 0 saturated carbocycles. The molecule has 0 spiro atoms. The van der Waals surface area contributed by atoms with Crippen LogP contribution >= 0.6 is 11.6 Å². The fourth-order valence-corrected chi connectivity index (χ4v) is 3.73. The molecular formula is C25H28ClF3N4O6. The number of alkyl halides is 3. The van der Waals surface area contributed by atoms with E-state index in [1.807, 2.05) is 0 Å². The lowest BCUT2D eigenvalue weighted by Gasteiger charge is -2.28. The first-order valence-corrected chi connectivity index (χ1v) is 12.2. The van der Waals surface area contributed by atoms with Gasteiger partial charge in [-0.25, -0.2) is 0 Å². The molecule has 39 heavy (non-hydrogen) atoms. The summed E-state index contributed by atoms with van der Waals surface area (Å²) in [4.78, 5) is 27.5. The highest BCUT2D eigenvalue weighted by Crippen LogP contribution is 2.27. The topological polar surface area (TPSA) is 113 Å². The van der Waals surface area contributed by atoms with Crippen LogP contribution in [0.2, 0.25) is 5.02 Å². The first-order valence-electron chi connectivity index (χ1n) is 11.8. The first-order chi connectivity index (χ1) is 18.6. The second-order valence-electron chi connectivity index (χ2n) is 8.24. The Hall–Kier alpha value is -3.68. The molecule has 0 radical (unpaired) electrons. The van der Waals surface area contributed by atoms with Gasteiger partial charge in [-0.15, -0.1) is 13.2 Å². The van der Waals surface area contributed by atoms with Crippen LogP contribution in [0.4, 0.5) is 13.2 Å². The number of amides is 2. The maximum atomic E-state index is 13.1. The van der Waals surface area contributed by atoms with Crippen molar-refractivity contribution in [3.05, 3.63) is 70.6 Å². The SMILES string of the molecule is CN(C=O)C1=C(C(=O)NCCCO)N(Cc2ccc(Cl)cc2)C(OCCOc2cccc(OC(F)(F)F)c2)N1. The van der Waals surface area contributed by atoms with Crippen LogP contribution in [0.5, 0.6) is 11.5 Å². The number of benzene rings is 2. The van der Waals surface area contributed by atoms with E-state index in [0.717, 1.165) is 17.7 Å². The summed E-state index contributed by atoms with van der Waals surface area (Å²) in [6, 6.07) is 12.0. The van der Waals surface area contributed by atoms with Crippen molar-refractivity contribution in [3.8, 4) is 11.5 Å². The fourth-order valence-electron chi connectivity index (χ4n) is 3.60. The Morgan fingerprint density at radius 3 is 2.59 bits per heavy atom. The van der Waals surface area contributed by atoms with Crippen LogP contribution < -0.4 is 20.1 Å². The number of rotatable bonds is 14. The van der Waals surface area contributed by atoms with Crippen LogP contribution in [-0.4, -0.2) is 73.4 Å². The summed E-state index contributed by atoms with van der Waals surface area (Å²) in [5, 5.41) is 15.3. The van der Waals surface area contributed by atoms with Crippen molar-refractivity contribution in [3.63, 3.8) is 0 Å². The number of ether oxygens (including phenoxy) is 3. The minimum atomic E-state index is -4.83. The van der Waals surface area contributed by atoms with Gasteiger partial charge in [-0.05, 0) is 36.2 Å². The maximum Gasteiger partial charge on any atom is 0.573 e. The Morgan fingerprint density at radius 2 is 1.92 bits per heavy atom. The predicted molar refractivity (Wildman–Crippen MR) is 134 cm³/mol. The summed E-state index contributed by atoms with van der Waals surface area (Å²) in [5.74, 6) is -0.572. The predicted octanol–water partition coefficient (Wildman–Crippen LogP) is 2.78. The largest absolute Gasteiger partial charge is 0.573 e. The summed E-state index contributed by atoms with van der Waals surface area (Å²) >= 11 is 6.00. The number of halogens is 4. The number of hydrogen-bond acceptors (Lipinski definition) is 8. The van der Waals surface area contributed by atoms with Crippen LogP contribution in [0.1, 0.15) is 12.0 Å². The van der Waals surface area contributed by atoms with E-state index in [4.69, 9.17) is 26.2 Å². The van der Waals surface area contributed by atoms with Gasteiger partial charge in [-0.2, -0.15) is 0 Å². The summed E-state index contributed by atoms with van der Waals surface area (Å²) < 4.78 is 52.8. The van der Waals surface area contributed by atoms with E-state index in [0.29, 0.717) is 17.9 Å². The zero-order chi connectivity index (χ0) is 28.4.